The van der Waals surface area contributed by atoms with Gasteiger partial charge in [-0.15, -0.1) is 0 Å². The third-order valence-corrected chi connectivity index (χ3v) is 6.84. The molecule has 1 heterocycles. The lowest BCUT2D eigenvalue weighted by molar-refractivity contribution is -0.384. The number of aliphatic hydroxyl groups is 1. The number of carbonyl (C=O) groups is 2. The molecule has 0 saturated carbocycles. The second kappa shape index (κ2) is 13.4. The number of unbranched alkanes of at least 4 members (excludes halogenated alkanes) is 2. The van der Waals surface area contributed by atoms with E-state index in [0.29, 0.717) is 23.6 Å². The second-order valence-electron chi connectivity index (χ2n) is 9.25. The molecule has 1 aliphatic heterocycles. The molecule has 1 unspecified atom stereocenters. The van der Waals surface area contributed by atoms with Crippen LogP contribution >= 0.6 is 11.6 Å². The third kappa shape index (κ3) is 6.96. The molecule has 0 aliphatic carbocycles. The molecule has 2 aromatic carbocycles. The Labute approximate surface area is 222 Å². The van der Waals surface area contributed by atoms with Crippen molar-refractivity contribution in [3.05, 3.63) is 80.4 Å². The van der Waals surface area contributed by atoms with Crippen LogP contribution in [0, 0.1) is 10.1 Å². The Morgan fingerprint density at radius 2 is 1.65 bits per heavy atom. The number of nitro benzene ring substituents is 1. The van der Waals surface area contributed by atoms with Gasteiger partial charge >= 0.3 is 0 Å². The number of hydrogen-bond acceptors (Lipinski definition) is 6. The van der Waals surface area contributed by atoms with Crippen molar-refractivity contribution in [3.63, 3.8) is 0 Å². The molecule has 0 bridgehead atoms. The van der Waals surface area contributed by atoms with Crippen LogP contribution < -0.4 is 0 Å². The van der Waals surface area contributed by atoms with Crippen molar-refractivity contribution in [1.82, 2.24) is 9.80 Å². The van der Waals surface area contributed by atoms with Gasteiger partial charge in [0, 0.05) is 29.3 Å². The Kier molecular flexibility index (Phi) is 10.2. The molecule has 1 N–H and O–H groups in total. The summed E-state index contributed by atoms with van der Waals surface area (Å²) in [5, 5.41) is 22.9. The first-order valence-corrected chi connectivity index (χ1v) is 13.2. The normalized spacial score (nSPS) is 17.1. The molecule has 1 aliphatic rings. The van der Waals surface area contributed by atoms with Gasteiger partial charge in [0.1, 0.15) is 5.76 Å². The van der Waals surface area contributed by atoms with Gasteiger partial charge in [-0.2, -0.15) is 0 Å². The van der Waals surface area contributed by atoms with Gasteiger partial charge in [-0.1, -0.05) is 62.6 Å². The summed E-state index contributed by atoms with van der Waals surface area (Å²) >= 11 is 6.08. The highest BCUT2D eigenvalue weighted by Gasteiger charge is 2.45. The molecule has 1 saturated heterocycles. The van der Waals surface area contributed by atoms with E-state index in [2.05, 4.69) is 18.7 Å². The molecule has 9 heteroatoms. The topological polar surface area (TPSA) is 104 Å². The molecular weight excluding hydrogens is 494 g/mol. The zero-order chi connectivity index (χ0) is 26.9. The van der Waals surface area contributed by atoms with Gasteiger partial charge in [0.25, 0.3) is 17.4 Å². The number of halogens is 1. The van der Waals surface area contributed by atoms with Crippen LogP contribution in [0.15, 0.2) is 54.1 Å². The maximum absolute atomic E-state index is 13.2. The van der Waals surface area contributed by atoms with Crippen molar-refractivity contribution in [2.75, 3.05) is 26.2 Å². The number of amides is 1. The Balaban J connectivity index is 1.95. The van der Waals surface area contributed by atoms with Gasteiger partial charge in [-0.3, -0.25) is 19.7 Å². The minimum absolute atomic E-state index is 0.0818. The second-order valence-corrected chi connectivity index (χ2v) is 9.69. The fourth-order valence-electron chi connectivity index (χ4n) is 4.59. The summed E-state index contributed by atoms with van der Waals surface area (Å²) in [6.45, 7) is 7.42. The summed E-state index contributed by atoms with van der Waals surface area (Å²) in [4.78, 5) is 40.9. The maximum Gasteiger partial charge on any atom is 0.295 e. The highest BCUT2D eigenvalue weighted by atomic mass is 35.5. The standard InChI is InChI=1S/C28H34ClN3O5/c1-3-5-15-30(16-6-4-2)17-8-18-31-25(20-11-13-22(29)14-12-20)24(27(34)28(31)35)26(33)21-9-7-10-23(19-21)32(36)37/h7,9-14,19,25,33H,3-6,8,15-18H2,1-2H3/b26-24-. The van der Waals surface area contributed by atoms with Crippen LogP contribution in [0.2, 0.25) is 5.02 Å². The van der Waals surface area contributed by atoms with Crippen molar-refractivity contribution >= 4 is 34.7 Å². The van der Waals surface area contributed by atoms with Gasteiger partial charge in [-0.25, -0.2) is 0 Å². The van der Waals surface area contributed by atoms with Crippen LogP contribution in [0.5, 0.6) is 0 Å². The van der Waals surface area contributed by atoms with Crippen molar-refractivity contribution in [3.8, 4) is 0 Å². The molecule has 1 amide bonds. The number of carbonyl (C=O) groups excluding carboxylic acids is 2. The molecule has 0 aromatic heterocycles. The number of nitrogens with zero attached hydrogens (tertiary/aromatic N) is 3. The van der Waals surface area contributed by atoms with E-state index in [0.717, 1.165) is 45.3 Å². The zero-order valence-electron chi connectivity index (χ0n) is 21.4. The number of aliphatic hydroxyl groups excluding tert-OH is 1. The van der Waals surface area contributed by atoms with Crippen molar-refractivity contribution < 1.29 is 19.6 Å². The average Bonchev–Trinajstić information content (AvgIpc) is 3.15. The monoisotopic (exact) mass is 527 g/mol. The highest BCUT2D eigenvalue weighted by molar-refractivity contribution is 6.46. The predicted molar refractivity (Wildman–Crippen MR) is 144 cm³/mol. The van der Waals surface area contributed by atoms with Crippen molar-refractivity contribution in [2.24, 2.45) is 0 Å². The smallest absolute Gasteiger partial charge is 0.295 e. The van der Waals surface area contributed by atoms with Crippen LogP contribution in [0.4, 0.5) is 5.69 Å². The van der Waals surface area contributed by atoms with E-state index in [1.807, 2.05) is 0 Å². The Morgan fingerprint density at radius 3 is 2.24 bits per heavy atom. The quantitative estimate of drug-likeness (QED) is 0.113. The van der Waals surface area contributed by atoms with Crippen LogP contribution in [0.3, 0.4) is 0 Å². The first-order valence-electron chi connectivity index (χ1n) is 12.8. The maximum atomic E-state index is 13.2. The number of likely N-dealkylation sites (tertiary alicyclic amines) is 1. The zero-order valence-corrected chi connectivity index (χ0v) is 22.1. The molecule has 198 valence electrons. The molecule has 8 nitrogen and oxygen atoms in total. The average molecular weight is 528 g/mol. The Hall–Kier alpha value is -3.23. The summed E-state index contributed by atoms with van der Waals surface area (Å²) in [5.74, 6) is -1.93. The minimum Gasteiger partial charge on any atom is -0.507 e. The molecule has 0 spiro atoms. The number of hydrogen-bond donors (Lipinski definition) is 1. The predicted octanol–water partition coefficient (Wildman–Crippen LogP) is 5.96. The summed E-state index contributed by atoms with van der Waals surface area (Å²) in [5.41, 5.74) is 0.433. The summed E-state index contributed by atoms with van der Waals surface area (Å²) in [6.07, 6.45) is 5.07. The summed E-state index contributed by atoms with van der Waals surface area (Å²) < 4.78 is 0. The summed E-state index contributed by atoms with van der Waals surface area (Å²) in [6, 6.07) is 11.4. The van der Waals surface area contributed by atoms with Gasteiger partial charge in [0.15, 0.2) is 0 Å². The van der Waals surface area contributed by atoms with Crippen molar-refractivity contribution in [1.29, 1.82) is 0 Å². The fourth-order valence-corrected chi connectivity index (χ4v) is 4.71. The molecule has 37 heavy (non-hydrogen) atoms. The van der Waals surface area contributed by atoms with Crippen molar-refractivity contribution in [2.45, 2.75) is 52.0 Å². The Bertz CT molecular complexity index is 1140. The van der Waals surface area contributed by atoms with E-state index >= 15 is 0 Å². The van der Waals surface area contributed by atoms with E-state index in [4.69, 9.17) is 11.6 Å². The fraction of sp³-hybridized carbons (Fsp3) is 0.429. The van der Waals surface area contributed by atoms with Gasteiger partial charge in [-0.05, 0) is 56.6 Å². The van der Waals surface area contributed by atoms with Gasteiger partial charge in [0.05, 0.1) is 16.5 Å². The Morgan fingerprint density at radius 1 is 1.03 bits per heavy atom. The van der Waals surface area contributed by atoms with Crippen LogP contribution in [-0.2, 0) is 9.59 Å². The van der Waals surface area contributed by atoms with Crippen LogP contribution in [-0.4, -0.2) is 57.7 Å². The first-order chi connectivity index (χ1) is 17.8. The first kappa shape index (κ1) is 28.3. The SMILES string of the molecule is CCCCN(CCCC)CCCN1C(=O)C(=O)/C(=C(\O)c2cccc([N+](=O)[O-])c2)C1c1ccc(Cl)cc1. The molecule has 1 fully saturated rings. The number of non-ortho nitro benzene ring substituents is 1. The lowest BCUT2D eigenvalue weighted by Crippen LogP contribution is -2.34. The minimum atomic E-state index is -0.823. The number of ketones is 1. The lowest BCUT2D eigenvalue weighted by atomic mass is 9.95. The molecule has 3 rings (SSSR count). The number of rotatable bonds is 13. The molecule has 0 radical (unpaired) electrons. The van der Waals surface area contributed by atoms with Crippen LogP contribution in [0.1, 0.15) is 63.1 Å². The lowest BCUT2D eigenvalue weighted by Gasteiger charge is -2.27. The van der Waals surface area contributed by atoms with E-state index < -0.39 is 28.4 Å². The van der Waals surface area contributed by atoms with Crippen LogP contribution in [0.25, 0.3) is 5.76 Å². The van der Waals surface area contributed by atoms with E-state index in [-0.39, 0.29) is 16.8 Å². The van der Waals surface area contributed by atoms with E-state index in [1.165, 1.54) is 29.2 Å². The molecule has 1 atom stereocenters. The van der Waals surface area contributed by atoms with E-state index in [1.54, 1.807) is 24.3 Å². The van der Waals surface area contributed by atoms with E-state index in [9.17, 15) is 24.8 Å². The highest BCUT2D eigenvalue weighted by Crippen LogP contribution is 2.40. The number of benzene rings is 2. The number of Topliss-reactive ketones (excluding diaryl/α,β-unsaturated/α-hetero) is 1. The largest absolute Gasteiger partial charge is 0.507 e. The molecule has 2 aromatic rings. The number of nitro groups is 1. The van der Waals surface area contributed by atoms with Gasteiger partial charge in [0.2, 0.25) is 0 Å². The third-order valence-electron chi connectivity index (χ3n) is 6.59. The molecular formula is C28H34ClN3O5. The summed E-state index contributed by atoms with van der Waals surface area (Å²) in [7, 11) is 0. The van der Waals surface area contributed by atoms with Gasteiger partial charge < -0.3 is 14.9 Å².